The van der Waals surface area contributed by atoms with E-state index in [0.717, 1.165) is 35.4 Å². The summed E-state index contributed by atoms with van der Waals surface area (Å²) in [6.45, 7) is 0. The van der Waals surface area contributed by atoms with E-state index in [1.54, 1.807) is 34.9 Å². The number of hydrogen-bond donors (Lipinski definition) is 0. The summed E-state index contributed by atoms with van der Waals surface area (Å²) in [6.07, 6.45) is -4.60. The molecule has 238 valence electrons. The van der Waals surface area contributed by atoms with Gasteiger partial charge in [-0.1, -0.05) is 97.1 Å². The molecular weight excluding hydrogens is 631 g/mol. The molecule has 8 rings (SSSR count). The van der Waals surface area contributed by atoms with E-state index < -0.39 is 23.4 Å². The lowest BCUT2D eigenvalue weighted by molar-refractivity contribution is -0.137. The van der Waals surface area contributed by atoms with Crippen LogP contribution in [-0.2, 0) is 6.18 Å². The Morgan fingerprint density at radius 2 is 1.04 bits per heavy atom. The average Bonchev–Trinajstić information content (AvgIpc) is 3.45. The van der Waals surface area contributed by atoms with Gasteiger partial charge in [0.25, 0.3) is 0 Å². The molecule has 9 heteroatoms. The Hall–Kier alpha value is -6.22. The number of alkyl halides is 3. The van der Waals surface area contributed by atoms with E-state index in [1.807, 2.05) is 72.8 Å². The zero-order valence-electron chi connectivity index (χ0n) is 25.5. The number of aromatic nitrogens is 4. The molecule has 0 aliphatic carbocycles. The molecule has 0 amide bonds. The summed E-state index contributed by atoms with van der Waals surface area (Å²) < 4.78 is 73.4. The van der Waals surface area contributed by atoms with Gasteiger partial charge in [0.05, 0.1) is 22.3 Å². The second-order valence-electron chi connectivity index (χ2n) is 11.5. The Kier molecular flexibility index (Phi) is 7.25. The molecule has 0 aliphatic rings. The highest BCUT2D eigenvalue weighted by molar-refractivity contribution is 6.10. The van der Waals surface area contributed by atoms with Crippen LogP contribution in [0.2, 0.25) is 0 Å². The van der Waals surface area contributed by atoms with Crippen LogP contribution < -0.4 is 0 Å². The van der Waals surface area contributed by atoms with Crippen molar-refractivity contribution in [3.05, 3.63) is 157 Å². The van der Waals surface area contributed by atoms with Gasteiger partial charge in [0.15, 0.2) is 17.5 Å². The van der Waals surface area contributed by atoms with Crippen LogP contribution in [-0.4, -0.2) is 19.5 Å². The Labute approximate surface area is 276 Å². The van der Waals surface area contributed by atoms with Crippen molar-refractivity contribution >= 4 is 21.8 Å². The summed E-state index contributed by atoms with van der Waals surface area (Å²) in [4.78, 5) is 14.4. The fraction of sp³-hybridized carbons (Fsp3) is 0.0250. The molecule has 2 aromatic heterocycles. The predicted octanol–water partition coefficient (Wildman–Crippen LogP) is 10.9. The quantitative estimate of drug-likeness (QED) is 0.174. The SMILES string of the molecule is Fc1ccc(-c2ccc(-c3nc(-c4ccccc4)nc(-c4ccccc4)n3)cc2-n2c3ccccc3c3ccc(C(F)(F)F)cc32)c(F)c1. The lowest BCUT2D eigenvalue weighted by atomic mass is 9.99. The zero-order chi connectivity index (χ0) is 33.7. The van der Waals surface area contributed by atoms with Crippen LogP contribution >= 0.6 is 0 Å². The normalized spacial score (nSPS) is 11.8. The van der Waals surface area contributed by atoms with E-state index in [2.05, 4.69) is 0 Å². The third-order valence-corrected chi connectivity index (χ3v) is 8.42. The van der Waals surface area contributed by atoms with Gasteiger partial charge in [-0.3, -0.25) is 0 Å². The molecule has 0 N–H and O–H groups in total. The second-order valence-corrected chi connectivity index (χ2v) is 11.5. The summed E-state index contributed by atoms with van der Waals surface area (Å²) in [7, 11) is 0. The summed E-state index contributed by atoms with van der Waals surface area (Å²) in [6, 6.07) is 38.0. The Morgan fingerprint density at radius 1 is 0.469 bits per heavy atom. The number of rotatable bonds is 5. The van der Waals surface area contributed by atoms with Crippen LogP contribution in [0, 0.1) is 11.6 Å². The van der Waals surface area contributed by atoms with Crippen LogP contribution in [0.5, 0.6) is 0 Å². The highest BCUT2D eigenvalue weighted by atomic mass is 19.4. The smallest absolute Gasteiger partial charge is 0.309 e. The maximum absolute atomic E-state index is 15.5. The fourth-order valence-electron chi connectivity index (χ4n) is 6.14. The first kappa shape index (κ1) is 30.1. The summed E-state index contributed by atoms with van der Waals surface area (Å²) in [5.74, 6) is -0.420. The van der Waals surface area contributed by atoms with E-state index in [0.29, 0.717) is 50.6 Å². The summed E-state index contributed by atoms with van der Waals surface area (Å²) in [5.41, 5.74) is 2.84. The van der Waals surface area contributed by atoms with Gasteiger partial charge < -0.3 is 4.57 Å². The minimum absolute atomic E-state index is 0.0754. The van der Waals surface area contributed by atoms with Crippen LogP contribution in [0.1, 0.15) is 5.56 Å². The van der Waals surface area contributed by atoms with Gasteiger partial charge >= 0.3 is 6.18 Å². The second kappa shape index (κ2) is 11.8. The molecule has 0 spiro atoms. The van der Waals surface area contributed by atoms with Crippen molar-refractivity contribution in [2.45, 2.75) is 6.18 Å². The van der Waals surface area contributed by atoms with Crippen LogP contribution in [0.15, 0.2) is 140 Å². The van der Waals surface area contributed by atoms with E-state index in [-0.39, 0.29) is 11.1 Å². The number of fused-ring (bicyclic) bond motifs is 3. The largest absolute Gasteiger partial charge is 0.416 e. The molecule has 0 saturated heterocycles. The number of hydrogen-bond acceptors (Lipinski definition) is 3. The van der Waals surface area contributed by atoms with Crippen molar-refractivity contribution in [2.24, 2.45) is 0 Å². The molecule has 0 saturated carbocycles. The van der Waals surface area contributed by atoms with Gasteiger partial charge in [-0.2, -0.15) is 13.2 Å². The molecule has 49 heavy (non-hydrogen) atoms. The van der Waals surface area contributed by atoms with E-state index >= 15 is 4.39 Å². The molecule has 0 radical (unpaired) electrons. The molecular formula is C40H23F5N4. The number of nitrogens with zero attached hydrogens (tertiary/aromatic N) is 4. The van der Waals surface area contributed by atoms with Crippen molar-refractivity contribution in [2.75, 3.05) is 0 Å². The molecule has 0 aliphatic heterocycles. The maximum Gasteiger partial charge on any atom is 0.416 e. The molecule has 0 bridgehead atoms. The van der Waals surface area contributed by atoms with Crippen molar-refractivity contribution in [1.29, 1.82) is 0 Å². The topological polar surface area (TPSA) is 43.6 Å². The van der Waals surface area contributed by atoms with Crippen molar-refractivity contribution in [3.8, 4) is 51.0 Å². The highest BCUT2D eigenvalue weighted by Gasteiger charge is 2.31. The van der Waals surface area contributed by atoms with Gasteiger partial charge in [0.2, 0.25) is 0 Å². The highest BCUT2D eigenvalue weighted by Crippen LogP contribution is 2.41. The lowest BCUT2D eigenvalue weighted by Crippen LogP contribution is -2.05. The summed E-state index contributed by atoms with van der Waals surface area (Å²) >= 11 is 0. The first-order chi connectivity index (χ1) is 23.7. The maximum atomic E-state index is 15.5. The molecule has 4 nitrogen and oxygen atoms in total. The predicted molar refractivity (Wildman–Crippen MR) is 181 cm³/mol. The van der Waals surface area contributed by atoms with E-state index in [4.69, 9.17) is 15.0 Å². The Morgan fingerprint density at radius 3 is 1.67 bits per heavy atom. The van der Waals surface area contributed by atoms with E-state index in [1.165, 1.54) is 12.1 Å². The molecule has 0 unspecified atom stereocenters. The fourth-order valence-corrected chi connectivity index (χ4v) is 6.14. The standard InChI is InChI=1S/C40H23F5N4/c41-28-17-20-29(33(42)23-28)31-18-15-26(39-47-37(24-9-3-1-4-10-24)46-38(48-39)25-11-5-2-6-12-25)21-35(31)49-34-14-8-7-13-30(34)32-19-16-27(22-36(32)49)40(43,44)45/h1-23H. The third kappa shape index (κ3) is 5.49. The number of para-hydroxylation sites is 1. The van der Waals surface area contributed by atoms with Gasteiger partial charge in [0.1, 0.15) is 11.6 Å². The van der Waals surface area contributed by atoms with Gasteiger partial charge in [-0.25, -0.2) is 23.7 Å². The third-order valence-electron chi connectivity index (χ3n) is 8.42. The average molecular weight is 655 g/mol. The van der Waals surface area contributed by atoms with Crippen LogP contribution in [0.25, 0.3) is 72.8 Å². The van der Waals surface area contributed by atoms with Gasteiger partial charge in [-0.15, -0.1) is 0 Å². The van der Waals surface area contributed by atoms with Crippen LogP contribution in [0.3, 0.4) is 0 Å². The minimum atomic E-state index is -4.60. The Balaban J connectivity index is 1.44. The van der Waals surface area contributed by atoms with Crippen molar-refractivity contribution < 1.29 is 22.0 Å². The van der Waals surface area contributed by atoms with Gasteiger partial charge in [-0.05, 0) is 36.4 Å². The molecule has 6 aromatic carbocycles. The van der Waals surface area contributed by atoms with Crippen molar-refractivity contribution in [1.82, 2.24) is 19.5 Å². The van der Waals surface area contributed by atoms with Crippen LogP contribution in [0.4, 0.5) is 22.0 Å². The minimum Gasteiger partial charge on any atom is -0.309 e. The molecule has 8 aromatic rings. The first-order valence-electron chi connectivity index (χ1n) is 15.3. The molecule has 0 atom stereocenters. The lowest BCUT2D eigenvalue weighted by Gasteiger charge is -2.17. The first-order valence-corrected chi connectivity index (χ1v) is 15.3. The summed E-state index contributed by atoms with van der Waals surface area (Å²) in [5, 5.41) is 1.29. The molecule has 2 heterocycles. The van der Waals surface area contributed by atoms with E-state index in [9.17, 15) is 17.6 Å². The Bertz CT molecular complexity index is 2450. The monoisotopic (exact) mass is 654 g/mol. The zero-order valence-corrected chi connectivity index (χ0v) is 25.5. The number of benzene rings is 6. The van der Waals surface area contributed by atoms with Crippen molar-refractivity contribution in [3.63, 3.8) is 0 Å². The molecule has 0 fully saturated rings. The number of halogens is 5. The van der Waals surface area contributed by atoms with Gasteiger partial charge in [0, 0.05) is 44.7 Å².